The molecular formula is C10H14BNO2. The van der Waals surface area contributed by atoms with Crippen molar-refractivity contribution in [3.05, 3.63) is 29.8 Å². The smallest absolute Gasteiger partial charge is 0.243 e. The van der Waals surface area contributed by atoms with Crippen molar-refractivity contribution >= 4 is 19.4 Å². The molecule has 4 heteroatoms. The molecule has 1 rings (SSSR count). The average Bonchev–Trinajstić information content (AvgIpc) is 2.15. The van der Waals surface area contributed by atoms with E-state index in [0.717, 1.165) is 11.3 Å². The Morgan fingerprint density at radius 3 is 2.36 bits per heavy atom. The molecule has 1 aromatic carbocycles. The largest absolute Gasteiger partial charge is 0.469 e. The number of carbonyl (C=O) groups is 1. The number of nitrogens with zero attached hydrogens (tertiary/aromatic N) is 1. The normalized spacial score (nSPS) is 9.57. The molecule has 0 heterocycles. The fourth-order valence-electron chi connectivity index (χ4n) is 1.08. The van der Waals surface area contributed by atoms with E-state index < -0.39 is 0 Å². The lowest BCUT2D eigenvalue weighted by Gasteiger charge is -2.12. The highest BCUT2D eigenvalue weighted by molar-refractivity contribution is 6.55. The minimum atomic E-state index is -0.248. The average molecular weight is 191 g/mol. The molecule has 0 aromatic heterocycles. The Hall–Kier alpha value is -1.45. The first-order valence-corrected chi connectivity index (χ1v) is 4.49. The van der Waals surface area contributed by atoms with E-state index in [4.69, 9.17) is 4.74 Å². The van der Waals surface area contributed by atoms with Crippen LogP contribution in [0.3, 0.4) is 0 Å². The van der Waals surface area contributed by atoms with Gasteiger partial charge in [-0.2, -0.15) is 0 Å². The summed E-state index contributed by atoms with van der Waals surface area (Å²) in [5.74, 6) is -0.248. The zero-order valence-corrected chi connectivity index (χ0v) is 8.78. The van der Waals surface area contributed by atoms with Crippen molar-refractivity contribution in [2.24, 2.45) is 0 Å². The minimum absolute atomic E-state index is 0.248. The third kappa shape index (κ3) is 3.13. The molecule has 0 aliphatic heterocycles. The molecule has 0 aliphatic carbocycles. The van der Waals surface area contributed by atoms with Crippen LogP contribution in [0.5, 0.6) is 0 Å². The standard InChI is InChI=1S/C10H14BNO2/c1-12(2)9-5-3-8(4-6-9)7-14-10(11)13/h3-6H,7,11H2,1-2H3. The Kier molecular flexibility index (Phi) is 3.57. The van der Waals surface area contributed by atoms with Gasteiger partial charge in [-0.15, -0.1) is 0 Å². The van der Waals surface area contributed by atoms with Crippen LogP contribution < -0.4 is 4.90 Å². The molecule has 0 amide bonds. The predicted molar refractivity (Wildman–Crippen MR) is 59.5 cm³/mol. The summed E-state index contributed by atoms with van der Waals surface area (Å²) >= 11 is 0. The van der Waals surface area contributed by atoms with Gasteiger partial charge in [-0.1, -0.05) is 12.1 Å². The maximum atomic E-state index is 10.6. The van der Waals surface area contributed by atoms with Gasteiger partial charge in [-0.3, -0.25) is 4.79 Å². The highest BCUT2D eigenvalue weighted by Gasteiger charge is 1.97. The van der Waals surface area contributed by atoms with Gasteiger partial charge in [0.05, 0.1) is 0 Å². The van der Waals surface area contributed by atoms with E-state index in [2.05, 4.69) is 0 Å². The van der Waals surface area contributed by atoms with Crippen LogP contribution in [0.4, 0.5) is 10.5 Å². The Labute approximate surface area is 85.1 Å². The summed E-state index contributed by atoms with van der Waals surface area (Å²) in [6.07, 6.45) is 0. The maximum Gasteiger partial charge on any atom is 0.243 e. The van der Waals surface area contributed by atoms with Crippen molar-refractivity contribution in [1.82, 2.24) is 0 Å². The Morgan fingerprint density at radius 1 is 1.36 bits per heavy atom. The first kappa shape index (κ1) is 10.6. The van der Waals surface area contributed by atoms with Crippen LogP contribution in [0.2, 0.25) is 0 Å². The van der Waals surface area contributed by atoms with E-state index in [0.29, 0.717) is 6.61 Å². The zero-order chi connectivity index (χ0) is 10.6. The van der Waals surface area contributed by atoms with Gasteiger partial charge >= 0.3 is 0 Å². The molecule has 0 aliphatic rings. The van der Waals surface area contributed by atoms with Gasteiger partial charge in [0, 0.05) is 19.8 Å². The maximum absolute atomic E-state index is 10.6. The molecule has 0 fully saturated rings. The zero-order valence-electron chi connectivity index (χ0n) is 8.78. The molecule has 0 unspecified atom stereocenters. The Morgan fingerprint density at radius 2 is 1.93 bits per heavy atom. The monoisotopic (exact) mass is 191 g/mol. The quantitative estimate of drug-likeness (QED) is 0.668. The summed E-state index contributed by atoms with van der Waals surface area (Å²) < 4.78 is 4.88. The highest BCUT2D eigenvalue weighted by Crippen LogP contribution is 2.12. The number of carbonyl (C=O) groups excluding carboxylic acids is 1. The lowest BCUT2D eigenvalue weighted by atomic mass is 10.2. The van der Waals surface area contributed by atoms with Crippen LogP contribution in [0.15, 0.2) is 24.3 Å². The van der Waals surface area contributed by atoms with Gasteiger partial charge in [0.1, 0.15) is 6.61 Å². The van der Waals surface area contributed by atoms with Crippen molar-refractivity contribution in [3.8, 4) is 0 Å². The van der Waals surface area contributed by atoms with Crippen LogP contribution in [0, 0.1) is 0 Å². The number of benzene rings is 1. The lowest BCUT2D eigenvalue weighted by molar-refractivity contribution is 0.167. The molecule has 0 atom stereocenters. The summed E-state index contributed by atoms with van der Waals surface area (Å²) in [5.41, 5.74) is 2.14. The van der Waals surface area contributed by atoms with E-state index in [1.807, 2.05) is 43.3 Å². The summed E-state index contributed by atoms with van der Waals surface area (Å²) in [7, 11) is 5.39. The number of hydrogen-bond acceptors (Lipinski definition) is 3. The second-order valence-corrected chi connectivity index (χ2v) is 3.34. The number of hydrogen-bond donors (Lipinski definition) is 0. The molecule has 0 bridgehead atoms. The lowest BCUT2D eigenvalue weighted by Crippen LogP contribution is -2.08. The first-order valence-electron chi connectivity index (χ1n) is 4.49. The molecule has 1 aromatic rings. The van der Waals surface area contributed by atoms with Crippen LogP contribution in [-0.4, -0.2) is 27.8 Å². The number of rotatable bonds is 3. The van der Waals surface area contributed by atoms with Gasteiger partial charge < -0.3 is 9.64 Å². The summed E-state index contributed by atoms with van der Waals surface area (Å²) in [4.78, 5) is 12.6. The Bertz CT molecular complexity index is 308. The van der Waals surface area contributed by atoms with Gasteiger partial charge in [-0.25, -0.2) is 0 Å². The molecule has 0 saturated carbocycles. The van der Waals surface area contributed by atoms with Crippen molar-refractivity contribution in [2.45, 2.75) is 6.61 Å². The third-order valence-electron chi connectivity index (χ3n) is 1.89. The van der Waals surface area contributed by atoms with E-state index in [9.17, 15) is 4.79 Å². The molecular weight excluding hydrogens is 177 g/mol. The number of ether oxygens (including phenoxy) is 1. The first-order chi connectivity index (χ1) is 6.59. The molecule has 0 radical (unpaired) electrons. The van der Waals surface area contributed by atoms with Crippen molar-refractivity contribution in [1.29, 1.82) is 0 Å². The summed E-state index contributed by atoms with van der Waals surface area (Å²) in [6.45, 7) is 0.350. The van der Waals surface area contributed by atoms with Crippen molar-refractivity contribution in [3.63, 3.8) is 0 Å². The van der Waals surface area contributed by atoms with Gasteiger partial charge in [0.15, 0.2) is 0 Å². The van der Waals surface area contributed by atoms with Gasteiger partial charge in [0.25, 0.3) is 0 Å². The Balaban J connectivity index is 2.59. The summed E-state index contributed by atoms with van der Waals surface area (Å²) in [6, 6.07) is 7.91. The van der Waals surface area contributed by atoms with Crippen LogP contribution >= 0.6 is 0 Å². The third-order valence-corrected chi connectivity index (χ3v) is 1.89. The molecule has 3 nitrogen and oxygen atoms in total. The SMILES string of the molecule is BC(=O)OCc1ccc(N(C)C)cc1. The fraction of sp³-hybridized carbons (Fsp3) is 0.300. The second-order valence-electron chi connectivity index (χ2n) is 3.34. The number of anilines is 1. The van der Waals surface area contributed by atoms with Crippen LogP contribution in [0.25, 0.3) is 0 Å². The fourth-order valence-corrected chi connectivity index (χ4v) is 1.08. The molecule has 74 valence electrons. The van der Waals surface area contributed by atoms with E-state index >= 15 is 0 Å². The van der Waals surface area contributed by atoms with Crippen molar-refractivity contribution in [2.75, 3.05) is 19.0 Å². The van der Waals surface area contributed by atoms with Gasteiger partial charge in [-0.05, 0) is 17.7 Å². The molecule has 0 N–H and O–H groups in total. The molecule has 0 spiro atoms. The van der Waals surface area contributed by atoms with Gasteiger partial charge in [0.2, 0.25) is 13.7 Å². The van der Waals surface area contributed by atoms with E-state index in [1.54, 1.807) is 0 Å². The second kappa shape index (κ2) is 4.70. The summed E-state index contributed by atoms with van der Waals surface area (Å²) in [5, 5.41) is 0. The minimum Gasteiger partial charge on any atom is -0.469 e. The van der Waals surface area contributed by atoms with Crippen LogP contribution in [-0.2, 0) is 11.3 Å². The molecule has 0 saturated heterocycles. The van der Waals surface area contributed by atoms with Crippen molar-refractivity contribution < 1.29 is 9.53 Å². The van der Waals surface area contributed by atoms with Crippen LogP contribution in [0.1, 0.15) is 5.56 Å². The predicted octanol–water partition coefficient (Wildman–Crippen LogP) is 1.02. The van der Waals surface area contributed by atoms with E-state index in [-0.39, 0.29) is 5.87 Å². The molecule has 14 heavy (non-hydrogen) atoms. The highest BCUT2D eigenvalue weighted by atomic mass is 16.5. The van der Waals surface area contributed by atoms with E-state index in [1.165, 1.54) is 7.85 Å². The topological polar surface area (TPSA) is 29.5 Å².